The summed E-state index contributed by atoms with van der Waals surface area (Å²) >= 11 is 0. The summed E-state index contributed by atoms with van der Waals surface area (Å²) in [4.78, 5) is 34.2. The summed E-state index contributed by atoms with van der Waals surface area (Å²) in [5.74, 6) is -1.05. The van der Waals surface area contributed by atoms with Crippen LogP contribution in [0, 0.1) is 0 Å². The zero-order valence-corrected chi connectivity index (χ0v) is 29.4. The lowest BCUT2D eigenvalue weighted by atomic mass is 10.1. The van der Waals surface area contributed by atoms with Crippen LogP contribution >= 0.6 is 7.82 Å². The van der Waals surface area contributed by atoms with E-state index in [0.29, 0.717) is 12.8 Å². The van der Waals surface area contributed by atoms with E-state index in [1.165, 1.54) is 6.42 Å². The van der Waals surface area contributed by atoms with Crippen molar-refractivity contribution in [3.05, 3.63) is 36.5 Å². The molecule has 0 saturated heterocycles. The number of unbranched alkanes of at least 4 members (excludes halogenated alkanes) is 12. The number of carbonyl (C=O) groups is 2. The Balaban J connectivity index is 4.06. The van der Waals surface area contributed by atoms with Gasteiger partial charge in [0.15, 0.2) is 0 Å². The molecule has 0 saturated carbocycles. The average Bonchev–Trinajstić information content (AvgIpc) is 3.04. The fraction of sp³-hybridized carbons (Fsp3) is 0.771. The Bertz CT molecular complexity index is 873. The van der Waals surface area contributed by atoms with Crippen molar-refractivity contribution in [1.29, 1.82) is 0 Å². The van der Waals surface area contributed by atoms with Crippen molar-refractivity contribution in [1.82, 2.24) is 0 Å². The third kappa shape index (κ3) is 29.6. The third-order valence-electron chi connectivity index (χ3n) is 7.04. The number of rotatable bonds is 32. The molecule has 0 aromatic carbocycles. The SMILES string of the molecule is CCC/C=C\C/C=C\CCCCCCCC(=O)OC(CO)COP(=O)(O)OCC(CO)OC(=O)CCCCCCC/C=C\CCC. The monoisotopic (exact) mass is 674 g/mol. The van der Waals surface area contributed by atoms with Crippen molar-refractivity contribution in [2.45, 2.75) is 148 Å². The largest absolute Gasteiger partial charge is 0.472 e. The molecule has 0 aliphatic heterocycles. The predicted octanol–water partition coefficient (Wildman–Crippen LogP) is 8.05. The molecule has 10 nitrogen and oxygen atoms in total. The van der Waals surface area contributed by atoms with Crippen molar-refractivity contribution >= 4 is 19.8 Å². The van der Waals surface area contributed by atoms with Crippen LogP contribution in [0.2, 0.25) is 0 Å². The van der Waals surface area contributed by atoms with Crippen LogP contribution in [0.1, 0.15) is 136 Å². The lowest BCUT2D eigenvalue weighted by molar-refractivity contribution is -0.153. The van der Waals surface area contributed by atoms with Crippen LogP contribution in [0.15, 0.2) is 36.5 Å². The number of ether oxygens (including phenoxy) is 2. The minimum atomic E-state index is -4.63. The molecule has 46 heavy (non-hydrogen) atoms. The highest BCUT2D eigenvalue weighted by Gasteiger charge is 2.27. The van der Waals surface area contributed by atoms with Gasteiger partial charge in [-0.2, -0.15) is 0 Å². The normalized spacial score (nSPS) is 14.6. The molecule has 0 bridgehead atoms. The Morgan fingerprint density at radius 3 is 1.39 bits per heavy atom. The molecule has 0 aromatic rings. The second-order valence-electron chi connectivity index (χ2n) is 11.5. The average molecular weight is 675 g/mol. The number of phosphoric acid groups is 1. The van der Waals surface area contributed by atoms with Gasteiger partial charge in [0.1, 0.15) is 12.2 Å². The molecule has 0 radical (unpaired) electrons. The zero-order valence-electron chi connectivity index (χ0n) is 28.5. The Kier molecular flexibility index (Phi) is 30.5. The molecule has 0 heterocycles. The molecule has 3 unspecified atom stereocenters. The second kappa shape index (κ2) is 31.8. The first-order valence-electron chi connectivity index (χ1n) is 17.4. The van der Waals surface area contributed by atoms with E-state index < -0.39 is 58.4 Å². The maximum absolute atomic E-state index is 12.3. The first-order valence-corrected chi connectivity index (χ1v) is 18.9. The highest BCUT2D eigenvalue weighted by molar-refractivity contribution is 7.47. The van der Waals surface area contributed by atoms with Crippen LogP contribution in [0.5, 0.6) is 0 Å². The summed E-state index contributed by atoms with van der Waals surface area (Å²) in [5.41, 5.74) is 0. The first kappa shape index (κ1) is 44.2. The molecule has 0 rings (SSSR count). The maximum atomic E-state index is 12.3. The van der Waals surface area contributed by atoms with E-state index in [1.54, 1.807) is 0 Å². The van der Waals surface area contributed by atoms with Gasteiger partial charge in [0, 0.05) is 12.8 Å². The van der Waals surface area contributed by atoms with Crippen molar-refractivity contribution in [3.63, 3.8) is 0 Å². The minimum absolute atomic E-state index is 0.175. The lowest BCUT2D eigenvalue weighted by Crippen LogP contribution is -2.28. The number of carbonyl (C=O) groups excluding carboxylic acids is 2. The van der Waals surface area contributed by atoms with Crippen molar-refractivity contribution < 1.29 is 47.8 Å². The molecule has 268 valence electrons. The number of aliphatic hydroxyl groups excluding tert-OH is 2. The second-order valence-corrected chi connectivity index (χ2v) is 12.9. The van der Waals surface area contributed by atoms with Crippen LogP contribution in [0.4, 0.5) is 0 Å². The molecule has 3 atom stereocenters. The predicted molar refractivity (Wildman–Crippen MR) is 182 cm³/mol. The Labute approximate surface area is 278 Å². The summed E-state index contributed by atoms with van der Waals surface area (Å²) in [5, 5.41) is 19.0. The van der Waals surface area contributed by atoms with Crippen molar-refractivity contribution in [3.8, 4) is 0 Å². The minimum Gasteiger partial charge on any atom is -0.457 e. The quantitative estimate of drug-likeness (QED) is 0.0277. The highest BCUT2D eigenvalue weighted by Crippen LogP contribution is 2.43. The molecule has 0 amide bonds. The van der Waals surface area contributed by atoms with Crippen LogP contribution in [0.25, 0.3) is 0 Å². The van der Waals surface area contributed by atoms with Crippen molar-refractivity contribution in [2.75, 3.05) is 26.4 Å². The molecule has 0 aromatic heterocycles. The van der Waals surface area contributed by atoms with Gasteiger partial charge in [-0.15, -0.1) is 0 Å². The van der Waals surface area contributed by atoms with E-state index in [4.69, 9.17) is 18.5 Å². The zero-order chi connectivity index (χ0) is 34.1. The van der Waals surface area contributed by atoms with Gasteiger partial charge in [-0.25, -0.2) is 4.57 Å². The summed E-state index contributed by atoms with van der Waals surface area (Å²) in [6.45, 7) is 2.01. The van der Waals surface area contributed by atoms with Gasteiger partial charge in [0.05, 0.1) is 26.4 Å². The van der Waals surface area contributed by atoms with Gasteiger partial charge >= 0.3 is 19.8 Å². The van der Waals surface area contributed by atoms with Gasteiger partial charge in [0.25, 0.3) is 0 Å². The number of phosphoric ester groups is 1. The summed E-state index contributed by atoms with van der Waals surface area (Å²) in [6, 6.07) is 0. The highest BCUT2D eigenvalue weighted by atomic mass is 31.2. The molecule has 0 aliphatic rings. The summed E-state index contributed by atoms with van der Waals surface area (Å²) in [6.07, 6.45) is 28.5. The molecule has 0 spiro atoms. The third-order valence-corrected chi connectivity index (χ3v) is 7.99. The van der Waals surface area contributed by atoms with E-state index in [2.05, 4.69) is 50.3 Å². The van der Waals surface area contributed by atoms with Gasteiger partial charge in [-0.3, -0.25) is 18.6 Å². The fourth-order valence-corrected chi connectivity index (χ4v) is 5.11. The van der Waals surface area contributed by atoms with Crippen LogP contribution < -0.4 is 0 Å². The van der Waals surface area contributed by atoms with Gasteiger partial charge < -0.3 is 24.6 Å². The summed E-state index contributed by atoms with van der Waals surface area (Å²) < 4.78 is 32.3. The smallest absolute Gasteiger partial charge is 0.457 e. The number of aliphatic hydroxyl groups is 2. The summed E-state index contributed by atoms with van der Waals surface area (Å²) in [7, 11) is -4.63. The molecular weight excluding hydrogens is 611 g/mol. The Morgan fingerprint density at radius 1 is 0.587 bits per heavy atom. The van der Waals surface area contributed by atoms with Crippen LogP contribution in [0.3, 0.4) is 0 Å². The molecule has 0 fully saturated rings. The number of hydrogen-bond donors (Lipinski definition) is 3. The number of hydrogen-bond acceptors (Lipinski definition) is 9. The first-order chi connectivity index (χ1) is 22.3. The van der Waals surface area contributed by atoms with E-state index in [-0.39, 0.29) is 12.8 Å². The standard InChI is InChI=1S/C35H63O10P/c1-3-5-7-9-11-13-15-16-17-19-21-23-25-27-35(39)45-33(29-37)31-43-46(40,41)42-30-32(28-36)44-34(38)26-24-22-20-18-14-12-10-8-6-4-2/h7-10,13,15,32-33,36-37H,3-6,11-12,14,16-31H2,1-2H3,(H,40,41)/b9-7-,10-8-,15-13-. The molecule has 3 N–H and O–H groups in total. The van der Waals surface area contributed by atoms with E-state index >= 15 is 0 Å². The van der Waals surface area contributed by atoms with E-state index in [9.17, 15) is 29.3 Å². The maximum Gasteiger partial charge on any atom is 0.472 e. The lowest BCUT2D eigenvalue weighted by Gasteiger charge is -2.20. The number of allylic oxidation sites excluding steroid dienone is 6. The van der Waals surface area contributed by atoms with E-state index in [1.807, 2.05) is 0 Å². The van der Waals surface area contributed by atoms with Crippen molar-refractivity contribution in [2.24, 2.45) is 0 Å². The van der Waals surface area contributed by atoms with Gasteiger partial charge in [0.2, 0.25) is 0 Å². The van der Waals surface area contributed by atoms with Gasteiger partial charge in [-0.05, 0) is 57.8 Å². The van der Waals surface area contributed by atoms with Crippen LogP contribution in [-0.4, -0.2) is 65.7 Å². The van der Waals surface area contributed by atoms with Gasteiger partial charge in [-0.1, -0.05) is 102 Å². The fourth-order valence-electron chi connectivity index (χ4n) is 4.33. The molecular formula is C35H63O10P. The van der Waals surface area contributed by atoms with E-state index in [0.717, 1.165) is 89.9 Å². The topological polar surface area (TPSA) is 149 Å². The Hall–Kier alpha value is -1.81. The number of esters is 2. The molecule has 11 heteroatoms. The molecule has 0 aliphatic carbocycles. The van der Waals surface area contributed by atoms with Crippen LogP contribution in [-0.2, 0) is 32.7 Å². The Morgan fingerprint density at radius 2 is 0.957 bits per heavy atom.